The van der Waals surface area contributed by atoms with E-state index in [4.69, 9.17) is 5.73 Å². The summed E-state index contributed by atoms with van der Waals surface area (Å²) in [6, 6.07) is 6.16. The van der Waals surface area contributed by atoms with Crippen molar-refractivity contribution in [2.75, 3.05) is 5.73 Å². The molecule has 0 saturated carbocycles. The normalized spacial score (nSPS) is 13.2. The van der Waals surface area contributed by atoms with E-state index in [9.17, 15) is 18.0 Å². The molecule has 3 N–H and O–H groups in total. The van der Waals surface area contributed by atoms with Crippen LogP contribution >= 0.6 is 0 Å². The van der Waals surface area contributed by atoms with E-state index < -0.39 is 18.1 Å². The Balaban J connectivity index is 2.53. The monoisotopic (exact) mass is 246 g/mol. The Labute approximate surface area is 96.8 Å². The molecule has 0 aliphatic rings. The van der Waals surface area contributed by atoms with Gasteiger partial charge in [-0.2, -0.15) is 13.2 Å². The highest BCUT2D eigenvalue weighted by molar-refractivity contribution is 5.81. The second kappa shape index (κ2) is 5.07. The Morgan fingerprint density at radius 3 is 2.35 bits per heavy atom. The zero-order valence-electron chi connectivity index (χ0n) is 9.21. The molecule has 1 aromatic carbocycles. The first-order valence-electron chi connectivity index (χ1n) is 5.01. The number of nitrogens with one attached hydrogen (secondary N) is 1. The second-order valence-corrected chi connectivity index (χ2v) is 3.82. The number of nitrogens with two attached hydrogens (primary N) is 1. The molecule has 0 spiro atoms. The Kier molecular flexibility index (Phi) is 3.98. The molecule has 0 fully saturated rings. The summed E-state index contributed by atoms with van der Waals surface area (Å²) in [5, 5.41) is 1.89. The summed E-state index contributed by atoms with van der Waals surface area (Å²) in [6.45, 7) is 1.51. The molecule has 6 heteroatoms. The van der Waals surface area contributed by atoms with Gasteiger partial charge in [0, 0.05) is 11.7 Å². The largest absolute Gasteiger partial charge is 0.471 e. The van der Waals surface area contributed by atoms with Gasteiger partial charge in [0.1, 0.15) is 0 Å². The maximum Gasteiger partial charge on any atom is 0.471 e. The van der Waals surface area contributed by atoms with Gasteiger partial charge >= 0.3 is 12.1 Å². The fraction of sp³-hybridized carbons (Fsp3) is 0.364. The van der Waals surface area contributed by atoms with Gasteiger partial charge in [-0.1, -0.05) is 12.1 Å². The van der Waals surface area contributed by atoms with E-state index >= 15 is 0 Å². The van der Waals surface area contributed by atoms with Crippen molar-refractivity contribution in [1.82, 2.24) is 5.32 Å². The van der Waals surface area contributed by atoms with E-state index in [1.165, 1.54) is 6.92 Å². The fourth-order valence-corrected chi connectivity index (χ4v) is 1.36. The number of hydrogen-bond acceptors (Lipinski definition) is 2. The molecule has 0 aliphatic heterocycles. The van der Waals surface area contributed by atoms with Gasteiger partial charge in [-0.05, 0) is 31.0 Å². The molecule has 17 heavy (non-hydrogen) atoms. The lowest BCUT2D eigenvalue weighted by molar-refractivity contribution is -0.174. The number of anilines is 1. The number of amides is 1. The summed E-state index contributed by atoms with van der Waals surface area (Å²) in [5.41, 5.74) is 6.87. The quantitative estimate of drug-likeness (QED) is 0.800. The van der Waals surface area contributed by atoms with E-state index in [2.05, 4.69) is 0 Å². The van der Waals surface area contributed by atoms with Crippen molar-refractivity contribution >= 4 is 11.6 Å². The summed E-state index contributed by atoms with van der Waals surface area (Å²) in [4.78, 5) is 10.7. The highest BCUT2D eigenvalue weighted by atomic mass is 19.4. The zero-order valence-corrected chi connectivity index (χ0v) is 9.21. The van der Waals surface area contributed by atoms with Gasteiger partial charge in [-0.25, -0.2) is 0 Å². The minimum Gasteiger partial charge on any atom is -0.399 e. The minimum atomic E-state index is -4.84. The highest BCUT2D eigenvalue weighted by Gasteiger charge is 2.39. The van der Waals surface area contributed by atoms with Gasteiger partial charge in [0.05, 0.1) is 0 Å². The Morgan fingerprint density at radius 1 is 1.35 bits per heavy atom. The van der Waals surface area contributed by atoms with Gasteiger partial charge in [-0.3, -0.25) is 4.79 Å². The highest BCUT2D eigenvalue weighted by Crippen LogP contribution is 2.15. The summed E-state index contributed by atoms with van der Waals surface area (Å²) < 4.78 is 35.9. The average Bonchev–Trinajstić information content (AvgIpc) is 2.20. The van der Waals surface area contributed by atoms with Gasteiger partial charge in [-0.15, -0.1) is 0 Å². The summed E-state index contributed by atoms with van der Waals surface area (Å²) >= 11 is 0. The van der Waals surface area contributed by atoms with E-state index in [0.717, 1.165) is 5.56 Å². The van der Waals surface area contributed by atoms with Crippen molar-refractivity contribution in [3.8, 4) is 0 Å². The third-order valence-corrected chi connectivity index (χ3v) is 2.16. The van der Waals surface area contributed by atoms with Crippen LogP contribution in [0.4, 0.5) is 18.9 Å². The molecule has 1 amide bonds. The molecule has 0 saturated heterocycles. The number of nitrogen functional groups attached to an aromatic ring is 1. The summed E-state index contributed by atoms with van der Waals surface area (Å²) in [7, 11) is 0. The molecule has 1 rings (SSSR count). The number of rotatable bonds is 3. The molecule has 1 atom stereocenters. The lowest BCUT2D eigenvalue weighted by Gasteiger charge is -2.15. The molecule has 1 aromatic rings. The van der Waals surface area contributed by atoms with Crippen molar-refractivity contribution in [3.63, 3.8) is 0 Å². The number of carbonyl (C=O) groups excluding carboxylic acids is 1. The van der Waals surface area contributed by atoms with E-state index in [1.807, 2.05) is 5.32 Å². The lowest BCUT2D eigenvalue weighted by atomic mass is 10.1. The van der Waals surface area contributed by atoms with Gasteiger partial charge in [0.15, 0.2) is 0 Å². The van der Waals surface area contributed by atoms with Crippen LogP contribution in [0.3, 0.4) is 0 Å². The van der Waals surface area contributed by atoms with Gasteiger partial charge in [0.2, 0.25) is 0 Å². The zero-order chi connectivity index (χ0) is 13.1. The maximum atomic E-state index is 12.0. The minimum absolute atomic E-state index is 0.322. The lowest BCUT2D eigenvalue weighted by Crippen LogP contribution is -2.42. The predicted molar refractivity (Wildman–Crippen MR) is 58.2 cm³/mol. The first-order valence-corrected chi connectivity index (χ1v) is 5.01. The Morgan fingerprint density at radius 2 is 1.88 bits per heavy atom. The first-order chi connectivity index (χ1) is 7.79. The molecule has 0 aromatic heterocycles. The van der Waals surface area contributed by atoms with E-state index in [-0.39, 0.29) is 0 Å². The number of alkyl halides is 3. The molecule has 3 nitrogen and oxygen atoms in total. The van der Waals surface area contributed by atoms with Crippen LogP contribution in [0.5, 0.6) is 0 Å². The van der Waals surface area contributed by atoms with E-state index in [0.29, 0.717) is 12.1 Å². The first kappa shape index (κ1) is 13.3. The maximum absolute atomic E-state index is 12.0. The van der Waals surface area contributed by atoms with Crippen LogP contribution in [-0.4, -0.2) is 18.1 Å². The van der Waals surface area contributed by atoms with Crippen LogP contribution in [0.25, 0.3) is 0 Å². The van der Waals surface area contributed by atoms with Crippen molar-refractivity contribution in [2.24, 2.45) is 0 Å². The van der Waals surface area contributed by atoms with Crippen molar-refractivity contribution in [2.45, 2.75) is 25.6 Å². The molecule has 0 aliphatic carbocycles. The Bertz CT molecular complexity index is 387. The SMILES string of the molecule is C[C@@H](Cc1ccc(N)cc1)NC(=O)C(F)(F)F. The smallest absolute Gasteiger partial charge is 0.399 e. The molecule has 0 bridgehead atoms. The van der Waals surface area contributed by atoms with Crippen LogP contribution < -0.4 is 11.1 Å². The van der Waals surface area contributed by atoms with Crippen LogP contribution in [0.2, 0.25) is 0 Å². The predicted octanol–water partition coefficient (Wildman–Crippen LogP) is 1.88. The van der Waals surface area contributed by atoms with Gasteiger partial charge < -0.3 is 11.1 Å². The standard InChI is InChI=1S/C11H13F3N2O/c1-7(16-10(17)11(12,13)14)6-8-2-4-9(15)5-3-8/h2-5,7H,6,15H2,1H3,(H,16,17)/t7-/m0/s1. The number of benzene rings is 1. The van der Waals surface area contributed by atoms with Crippen LogP contribution in [0.15, 0.2) is 24.3 Å². The molecule has 0 unspecified atom stereocenters. The van der Waals surface area contributed by atoms with E-state index in [1.54, 1.807) is 24.3 Å². The summed E-state index contributed by atoms with van der Waals surface area (Å²) in [5.74, 6) is -1.92. The summed E-state index contributed by atoms with van der Waals surface area (Å²) in [6.07, 6.45) is -4.52. The number of halogens is 3. The third kappa shape index (κ3) is 4.34. The fourth-order valence-electron chi connectivity index (χ4n) is 1.36. The second-order valence-electron chi connectivity index (χ2n) is 3.82. The number of carbonyl (C=O) groups is 1. The van der Waals surface area contributed by atoms with Crippen molar-refractivity contribution in [1.29, 1.82) is 0 Å². The molecular weight excluding hydrogens is 233 g/mol. The van der Waals surface area contributed by atoms with Crippen LogP contribution in [0.1, 0.15) is 12.5 Å². The van der Waals surface area contributed by atoms with Crippen LogP contribution in [0, 0.1) is 0 Å². The average molecular weight is 246 g/mol. The number of hydrogen-bond donors (Lipinski definition) is 2. The van der Waals surface area contributed by atoms with Gasteiger partial charge in [0.25, 0.3) is 0 Å². The molecule has 0 heterocycles. The molecule has 94 valence electrons. The van der Waals surface area contributed by atoms with Crippen molar-refractivity contribution in [3.05, 3.63) is 29.8 Å². The van der Waals surface area contributed by atoms with Crippen molar-refractivity contribution < 1.29 is 18.0 Å². The van der Waals surface area contributed by atoms with Crippen LogP contribution in [-0.2, 0) is 11.2 Å². The topological polar surface area (TPSA) is 55.1 Å². The third-order valence-electron chi connectivity index (χ3n) is 2.16. The molecule has 0 radical (unpaired) electrons. The Hall–Kier alpha value is -1.72. The molecular formula is C11H13F3N2O.